The van der Waals surface area contributed by atoms with Gasteiger partial charge in [0.05, 0.1) is 0 Å². The molecule has 4 heterocycles. The third-order valence-corrected chi connectivity index (χ3v) is 6.60. The van der Waals surface area contributed by atoms with Crippen molar-refractivity contribution in [2.45, 2.75) is 37.8 Å². The molecule has 0 radical (unpaired) electrons. The summed E-state index contributed by atoms with van der Waals surface area (Å²) in [5.41, 5.74) is 0. The summed E-state index contributed by atoms with van der Waals surface area (Å²) in [5.74, 6) is 0.636. The molecule has 0 bridgehead atoms. The van der Waals surface area contributed by atoms with Crippen molar-refractivity contribution in [2.24, 2.45) is 5.92 Å². The molecule has 3 atom stereocenters. The number of fused-ring (bicyclic) bond motifs is 1. The lowest BCUT2D eigenvalue weighted by Gasteiger charge is -2.38. The van der Waals surface area contributed by atoms with E-state index in [1.165, 1.54) is 38.4 Å². The molecule has 5 nitrogen and oxygen atoms in total. The number of carbonyl (C=O) groups is 1. The van der Waals surface area contributed by atoms with E-state index in [1.807, 2.05) is 11.1 Å². The van der Waals surface area contributed by atoms with E-state index in [0.717, 1.165) is 31.2 Å². The van der Waals surface area contributed by atoms with Crippen LogP contribution in [0, 0.1) is 5.92 Å². The molecule has 4 rings (SSSR count). The van der Waals surface area contributed by atoms with E-state index < -0.39 is 0 Å². The fourth-order valence-electron chi connectivity index (χ4n) is 4.75. The molecule has 0 aliphatic carbocycles. The van der Waals surface area contributed by atoms with Gasteiger partial charge in [0.25, 0.3) is 0 Å². The number of anilines is 1. The van der Waals surface area contributed by atoms with Gasteiger partial charge < -0.3 is 14.7 Å². The van der Waals surface area contributed by atoms with Gasteiger partial charge in [-0.25, -0.2) is 4.98 Å². The smallest absolute Gasteiger partial charge is 0.245 e. The van der Waals surface area contributed by atoms with Gasteiger partial charge in [-0.2, -0.15) is 0 Å². The van der Waals surface area contributed by atoms with Crippen LogP contribution in [0.15, 0.2) is 24.2 Å². The minimum Gasteiger partial charge on any atom is -0.340 e. The summed E-state index contributed by atoms with van der Waals surface area (Å²) >= 11 is 1.75. The molecule has 3 fully saturated rings. The number of piperidine rings is 1. The van der Waals surface area contributed by atoms with Gasteiger partial charge in [-0.3, -0.25) is 4.79 Å². The van der Waals surface area contributed by atoms with Gasteiger partial charge in [-0.1, -0.05) is 6.58 Å². The molecule has 130 valence electrons. The van der Waals surface area contributed by atoms with Crippen LogP contribution in [-0.4, -0.2) is 65.5 Å². The van der Waals surface area contributed by atoms with Crippen LogP contribution in [0.1, 0.15) is 25.7 Å². The number of thiazole rings is 1. The standard InChI is InChI=1S/C18H26N4OS/c1-2-17(23)21-9-5-16-14(12-21)11-15(13-20-7-3-4-8-20)22(16)18-19-6-10-24-18/h2,6,10,14-16H,1,3-5,7-9,11-13H2/t14-,15+,16+/m0/s1. The van der Waals surface area contributed by atoms with Gasteiger partial charge in [-0.15, -0.1) is 11.3 Å². The Hall–Kier alpha value is -1.40. The second-order valence-corrected chi connectivity index (χ2v) is 8.10. The molecule has 0 saturated carbocycles. The van der Waals surface area contributed by atoms with E-state index in [-0.39, 0.29) is 5.91 Å². The number of likely N-dealkylation sites (tertiary alicyclic amines) is 2. The van der Waals surface area contributed by atoms with E-state index in [2.05, 4.69) is 26.7 Å². The molecule has 6 heteroatoms. The fraction of sp³-hybridized carbons (Fsp3) is 0.667. The highest BCUT2D eigenvalue weighted by atomic mass is 32.1. The molecule has 0 spiro atoms. The number of rotatable bonds is 4. The normalized spacial score (nSPS) is 30.6. The Morgan fingerprint density at radius 3 is 2.92 bits per heavy atom. The molecule has 3 aliphatic rings. The zero-order valence-electron chi connectivity index (χ0n) is 14.1. The molecule has 0 N–H and O–H groups in total. The lowest BCUT2D eigenvalue weighted by molar-refractivity contribution is -0.127. The third kappa shape index (κ3) is 2.97. The summed E-state index contributed by atoms with van der Waals surface area (Å²) < 4.78 is 0. The highest BCUT2D eigenvalue weighted by molar-refractivity contribution is 7.13. The van der Waals surface area contributed by atoms with Crippen LogP contribution in [-0.2, 0) is 4.79 Å². The van der Waals surface area contributed by atoms with E-state index >= 15 is 0 Å². The second kappa shape index (κ2) is 6.84. The largest absolute Gasteiger partial charge is 0.340 e. The Labute approximate surface area is 147 Å². The van der Waals surface area contributed by atoms with E-state index in [9.17, 15) is 4.79 Å². The summed E-state index contributed by atoms with van der Waals surface area (Å²) in [4.78, 5) is 23.8. The predicted octanol–water partition coefficient (Wildman–Crippen LogP) is 2.22. The molecular weight excluding hydrogens is 320 g/mol. The van der Waals surface area contributed by atoms with E-state index in [4.69, 9.17) is 0 Å². The van der Waals surface area contributed by atoms with Crippen LogP contribution in [0.3, 0.4) is 0 Å². The summed E-state index contributed by atoms with van der Waals surface area (Å²) in [6.45, 7) is 8.96. The Bertz CT molecular complexity index is 584. The first-order chi connectivity index (χ1) is 11.8. The zero-order chi connectivity index (χ0) is 16.5. The first-order valence-corrected chi connectivity index (χ1v) is 9.95. The van der Waals surface area contributed by atoms with Crippen LogP contribution in [0.2, 0.25) is 0 Å². The van der Waals surface area contributed by atoms with Gasteiger partial charge in [-0.05, 0) is 50.8 Å². The van der Waals surface area contributed by atoms with Crippen LogP contribution >= 0.6 is 11.3 Å². The second-order valence-electron chi connectivity index (χ2n) is 7.22. The van der Waals surface area contributed by atoms with Crippen molar-refractivity contribution >= 4 is 22.4 Å². The monoisotopic (exact) mass is 346 g/mol. The van der Waals surface area contributed by atoms with Crippen LogP contribution in [0.4, 0.5) is 5.13 Å². The number of hydrogen-bond acceptors (Lipinski definition) is 5. The lowest BCUT2D eigenvalue weighted by atomic mass is 9.92. The summed E-state index contributed by atoms with van der Waals surface area (Å²) in [6.07, 6.45) is 8.24. The quantitative estimate of drug-likeness (QED) is 0.784. The molecule has 0 aromatic carbocycles. The van der Waals surface area contributed by atoms with Gasteiger partial charge in [0.1, 0.15) is 0 Å². The predicted molar refractivity (Wildman–Crippen MR) is 97.3 cm³/mol. The molecule has 3 saturated heterocycles. The van der Waals surface area contributed by atoms with Crippen molar-refractivity contribution in [3.63, 3.8) is 0 Å². The third-order valence-electron chi connectivity index (χ3n) is 5.81. The molecule has 1 amide bonds. The topological polar surface area (TPSA) is 39.7 Å². The average molecular weight is 346 g/mol. The van der Waals surface area contributed by atoms with Crippen LogP contribution < -0.4 is 4.90 Å². The first kappa shape index (κ1) is 16.1. The summed E-state index contributed by atoms with van der Waals surface area (Å²) in [5, 5.41) is 3.24. The Balaban J connectivity index is 1.53. The van der Waals surface area contributed by atoms with Crippen molar-refractivity contribution < 1.29 is 4.79 Å². The highest BCUT2D eigenvalue weighted by Gasteiger charge is 2.45. The molecule has 3 aliphatic heterocycles. The highest BCUT2D eigenvalue weighted by Crippen LogP contribution is 2.40. The molecule has 1 aromatic heterocycles. The number of aromatic nitrogens is 1. The molecule has 1 aromatic rings. The van der Waals surface area contributed by atoms with E-state index in [0.29, 0.717) is 18.0 Å². The van der Waals surface area contributed by atoms with Crippen molar-refractivity contribution in [3.8, 4) is 0 Å². The Morgan fingerprint density at radius 1 is 1.38 bits per heavy atom. The van der Waals surface area contributed by atoms with Gasteiger partial charge in [0.2, 0.25) is 5.91 Å². The number of hydrogen-bond donors (Lipinski definition) is 0. The van der Waals surface area contributed by atoms with Crippen LogP contribution in [0.25, 0.3) is 0 Å². The minimum absolute atomic E-state index is 0.0808. The van der Waals surface area contributed by atoms with E-state index in [1.54, 1.807) is 11.3 Å². The molecular formula is C18H26N4OS. The average Bonchev–Trinajstić information content (AvgIpc) is 3.33. The van der Waals surface area contributed by atoms with Crippen molar-refractivity contribution in [1.29, 1.82) is 0 Å². The zero-order valence-corrected chi connectivity index (χ0v) is 15.0. The van der Waals surface area contributed by atoms with Crippen LogP contribution in [0.5, 0.6) is 0 Å². The number of amides is 1. The number of carbonyl (C=O) groups excluding carboxylic acids is 1. The van der Waals surface area contributed by atoms with Crippen molar-refractivity contribution in [3.05, 3.63) is 24.2 Å². The first-order valence-electron chi connectivity index (χ1n) is 9.08. The van der Waals surface area contributed by atoms with Gasteiger partial charge >= 0.3 is 0 Å². The molecule has 0 unspecified atom stereocenters. The Morgan fingerprint density at radius 2 is 2.21 bits per heavy atom. The maximum absolute atomic E-state index is 12.0. The summed E-state index contributed by atoms with van der Waals surface area (Å²) in [7, 11) is 0. The van der Waals surface area contributed by atoms with Crippen molar-refractivity contribution in [1.82, 2.24) is 14.8 Å². The molecule has 24 heavy (non-hydrogen) atoms. The number of nitrogens with zero attached hydrogens (tertiary/aromatic N) is 4. The van der Waals surface area contributed by atoms with Gasteiger partial charge in [0.15, 0.2) is 5.13 Å². The van der Waals surface area contributed by atoms with Gasteiger partial charge in [0, 0.05) is 43.3 Å². The maximum Gasteiger partial charge on any atom is 0.245 e. The minimum atomic E-state index is 0.0808. The SMILES string of the molecule is C=CC(=O)N1CC[C@@H]2[C@@H](C[C@H](CN3CCCC3)N2c2nccs2)C1. The lowest BCUT2D eigenvalue weighted by Crippen LogP contribution is -2.49. The van der Waals surface area contributed by atoms with Crippen molar-refractivity contribution in [2.75, 3.05) is 37.6 Å². The Kier molecular flexibility index (Phi) is 4.59. The summed E-state index contributed by atoms with van der Waals surface area (Å²) in [6, 6.07) is 1.06. The fourth-order valence-corrected chi connectivity index (χ4v) is 5.52. The maximum atomic E-state index is 12.0.